The van der Waals surface area contributed by atoms with Crippen molar-refractivity contribution >= 4 is 0 Å². The molecule has 0 aliphatic rings. The monoisotopic (exact) mass is 196 g/mol. The summed E-state index contributed by atoms with van der Waals surface area (Å²) in [5.41, 5.74) is 0. The summed E-state index contributed by atoms with van der Waals surface area (Å²) < 4.78 is 8.39. The van der Waals surface area contributed by atoms with Crippen LogP contribution in [0.4, 0.5) is 0 Å². The molecule has 0 spiro atoms. The average Bonchev–Trinajstić information content (AvgIpc) is 1.89. The fourth-order valence-electron chi connectivity index (χ4n) is 0. The van der Waals surface area contributed by atoms with E-state index in [9.17, 15) is 10.2 Å². The van der Waals surface area contributed by atoms with Crippen molar-refractivity contribution in [2.75, 3.05) is 14.2 Å². The molecule has 0 fully saturated rings. The van der Waals surface area contributed by atoms with Crippen molar-refractivity contribution in [2.24, 2.45) is 0 Å². The topological polar surface area (TPSA) is 64.6 Å². The molecule has 6 heteroatoms. The van der Waals surface area contributed by atoms with Crippen LogP contribution in [0.25, 0.3) is 0 Å². The minimum atomic E-state index is -0.866. The van der Waals surface area contributed by atoms with E-state index < -0.39 is 12.6 Å². The van der Waals surface area contributed by atoms with Gasteiger partial charge in [0.1, 0.15) is 0 Å². The van der Waals surface area contributed by atoms with Crippen LogP contribution in [-0.4, -0.2) is 26.8 Å². The Morgan fingerprint density at radius 2 is 0.917 bits per heavy atom. The van der Waals surface area contributed by atoms with Crippen LogP contribution in [0.3, 0.4) is 0 Å². The van der Waals surface area contributed by atoms with Crippen LogP contribution >= 0.6 is 0 Å². The molecule has 0 rings (SSSR count). The van der Waals surface area contributed by atoms with Crippen LogP contribution < -0.4 is 69.3 Å². The molecular weight excluding hydrogens is 182 g/mol. The molecule has 12 heavy (non-hydrogen) atoms. The second-order valence-electron chi connectivity index (χ2n) is 1.61. The van der Waals surface area contributed by atoms with E-state index in [1.165, 1.54) is 28.1 Å². The molecule has 0 heterocycles. The third kappa shape index (κ3) is 40.8. The first-order valence-corrected chi connectivity index (χ1v) is 2.91. The maximum atomic E-state index is 9.67. The number of methoxy groups -OCH3 is 2. The number of ether oxygens (including phenoxy) is 2. The molecule has 0 saturated heterocycles. The van der Waals surface area contributed by atoms with Gasteiger partial charge in [-0.15, -0.1) is 0 Å². The molecule has 0 N–H and O–H groups in total. The summed E-state index contributed by atoms with van der Waals surface area (Å²) in [6.07, 6.45) is -1.73. The van der Waals surface area contributed by atoms with Gasteiger partial charge in [-0.2, -0.15) is 0 Å². The van der Waals surface area contributed by atoms with Gasteiger partial charge >= 0.3 is 59.1 Å². The summed E-state index contributed by atoms with van der Waals surface area (Å²) in [5, 5.41) is 19.3. The maximum Gasteiger partial charge on any atom is 1.00 e. The van der Waals surface area contributed by atoms with Gasteiger partial charge in [-0.25, -0.2) is 0 Å². The second kappa shape index (κ2) is 18.6. The van der Waals surface area contributed by atoms with E-state index in [0.29, 0.717) is 0 Å². The Morgan fingerprint density at radius 1 is 0.833 bits per heavy atom. The predicted octanol–water partition coefficient (Wildman–Crippen LogP) is -7.31. The molecule has 0 aromatic rings. The summed E-state index contributed by atoms with van der Waals surface area (Å²) in [4.78, 5) is 0. The molecule has 2 unspecified atom stereocenters. The molecule has 0 aromatic heterocycles. The van der Waals surface area contributed by atoms with Gasteiger partial charge in [-0.05, 0) is 12.6 Å². The second-order valence-corrected chi connectivity index (χ2v) is 1.61. The molecule has 2 atom stereocenters. The zero-order valence-corrected chi connectivity index (χ0v) is 12.8. The van der Waals surface area contributed by atoms with Gasteiger partial charge in [0.15, 0.2) is 0 Å². The molecule has 4 nitrogen and oxygen atoms in total. The van der Waals surface area contributed by atoms with E-state index in [1.54, 1.807) is 0 Å². The van der Waals surface area contributed by atoms with E-state index in [-0.39, 0.29) is 59.1 Å². The normalized spacial score (nSPS) is 12.5. The number of hydrogen-bond donors (Lipinski definition) is 0. The van der Waals surface area contributed by atoms with Crippen molar-refractivity contribution in [3.63, 3.8) is 0 Å². The van der Waals surface area contributed by atoms with Crippen molar-refractivity contribution in [3.8, 4) is 0 Å². The van der Waals surface area contributed by atoms with Gasteiger partial charge in [0.05, 0.1) is 0 Å². The Balaban J connectivity index is -0.0000000457. The molecule has 0 saturated carbocycles. The van der Waals surface area contributed by atoms with Crippen LogP contribution in [0, 0.1) is 0 Å². The SMILES string of the molecule is COC(C)[O-].COC(C)[O-].[Na+].[Na+]. The molecule has 0 radical (unpaired) electrons. The first-order chi connectivity index (χ1) is 4.54. The quantitative estimate of drug-likeness (QED) is 0.325. The van der Waals surface area contributed by atoms with Gasteiger partial charge < -0.3 is 19.7 Å². The average molecular weight is 196 g/mol. The van der Waals surface area contributed by atoms with Crippen LogP contribution in [0.5, 0.6) is 0 Å². The van der Waals surface area contributed by atoms with E-state index in [1.807, 2.05) is 0 Å². The third-order valence-electron chi connectivity index (χ3n) is 0.664. The number of rotatable bonds is 2. The Kier molecular flexibility index (Phi) is 36.5. The van der Waals surface area contributed by atoms with Crippen LogP contribution in [0.15, 0.2) is 0 Å². The Morgan fingerprint density at radius 3 is 0.917 bits per heavy atom. The summed E-state index contributed by atoms with van der Waals surface area (Å²) >= 11 is 0. The molecule has 64 valence electrons. The van der Waals surface area contributed by atoms with Crippen LogP contribution in [0.2, 0.25) is 0 Å². The zero-order valence-electron chi connectivity index (χ0n) is 8.79. The predicted molar refractivity (Wildman–Crippen MR) is 32.9 cm³/mol. The van der Waals surface area contributed by atoms with Crippen molar-refractivity contribution < 1.29 is 78.8 Å². The molecule has 0 aromatic carbocycles. The minimum absolute atomic E-state index is 0. The van der Waals surface area contributed by atoms with Gasteiger partial charge in [0.2, 0.25) is 0 Å². The standard InChI is InChI=1S/2C3H7O2.2Na/c2*1-3(4)5-2;;/h2*3H,1-2H3;;/q2*-1;2*+1. The maximum absolute atomic E-state index is 9.67. The van der Waals surface area contributed by atoms with Crippen molar-refractivity contribution in [1.29, 1.82) is 0 Å². The first kappa shape index (κ1) is 23.6. The molecule has 0 aliphatic heterocycles. The zero-order chi connectivity index (χ0) is 8.57. The minimum Gasteiger partial charge on any atom is -0.831 e. The summed E-state index contributed by atoms with van der Waals surface area (Å²) in [5.74, 6) is 0. The van der Waals surface area contributed by atoms with Gasteiger partial charge in [-0.3, -0.25) is 0 Å². The van der Waals surface area contributed by atoms with Gasteiger partial charge in [0, 0.05) is 14.2 Å². The molecular formula is C6H14Na2O4. The van der Waals surface area contributed by atoms with Crippen LogP contribution in [0.1, 0.15) is 13.8 Å². The molecule has 0 bridgehead atoms. The van der Waals surface area contributed by atoms with Crippen molar-refractivity contribution in [2.45, 2.75) is 26.4 Å². The molecule has 0 aliphatic carbocycles. The largest absolute Gasteiger partial charge is 1.00 e. The Bertz CT molecular complexity index is 53.5. The molecule has 0 amide bonds. The smallest absolute Gasteiger partial charge is 0.831 e. The first-order valence-electron chi connectivity index (χ1n) is 2.91. The van der Waals surface area contributed by atoms with Crippen molar-refractivity contribution in [1.82, 2.24) is 0 Å². The van der Waals surface area contributed by atoms with E-state index in [2.05, 4.69) is 9.47 Å². The fraction of sp³-hybridized carbons (Fsp3) is 1.00. The van der Waals surface area contributed by atoms with Gasteiger partial charge in [0.25, 0.3) is 0 Å². The van der Waals surface area contributed by atoms with E-state index >= 15 is 0 Å². The number of hydrogen-bond acceptors (Lipinski definition) is 4. The fourth-order valence-corrected chi connectivity index (χ4v) is 0. The van der Waals surface area contributed by atoms with E-state index in [4.69, 9.17) is 0 Å². The summed E-state index contributed by atoms with van der Waals surface area (Å²) in [6.45, 7) is 2.89. The Hall–Kier alpha value is 1.84. The van der Waals surface area contributed by atoms with Gasteiger partial charge in [-0.1, -0.05) is 13.8 Å². The van der Waals surface area contributed by atoms with Crippen LogP contribution in [-0.2, 0) is 9.47 Å². The third-order valence-corrected chi connectivity index (χ3v) is 0.664. The van der Waals surface area contributed by atoms with E-state index in [0.717, 1.165) is 0 Å². The summed E-state index contributed by atoms with van der Waals surface area (Å²) in [6, 6.07) is 0. The Labute approximate surface area is 118 Å². The van der Waals surface area contributed by atoms with Crippen molar-refractivity contribution in [3.05, 3.63) is 0 Å². The summed E-state index contributed by atoms with van der Waals surface area (Å²) in [7, 11) is 2.77.